The summed E-state index contributed by atoms with van der Waals surface area (Å²) in [7, 11) is 0. The standard InChI is InChI=1S/C26H28N2O4S/c1-3-31-20-12-10-19(11-13-20)24(29)27-25-23(26(30)32-4-2)21-14-15-28(17-22(21)33-25)16-18-8-6-5-7-9-18/h5-13H,3-4,14-17H2,1-2H3,(H,27,29). The van der Waals surface area contributed by atoms with Gasteiger partial charge < -0.3 is 14.8 Å². The van der Waals surface area contributed by atoms with Crippen molar-refractivity contribution in [2.24, 2.45) is 0 Å². The lowest BCUT2D eigenvalue weighted by atomic mass is 10.0. The average molecular weight is 465 g/mol. The Morgan fingerprint density at radius 2 is 1.79 bits per heavy atom. The van der Waals surface area contributed by atoms with Crippen LogP contribution in [0.15, 0.2) is 54.6 Å². The minimum absolute atomic E-state index is 0.261. The first-order valence-corrected chi connectivity index (χ1v) is 12.0. The number of hydrogen-bond acceptors (Lipinski definition) is 6. The van der Waals surface area contributed by atoms with Crippen LogP contribution in [0.5, 0.6) is 5.75 Å². The van der Waals surface area contributed by atoms with Gasteiger partial charge in [0.25, 0.3) is 5.91 Å². The highest BCUT2D eigenvalue weighted by molar-refractivity contribution is 7.17. The van der Waals surface area contributed by atoms with E-state index in [-0.39, 0.29) is 18.5 Å². The fraction of sp³-hybridized carbons (Fsp3) is 0.308. The van der Waals surface area contributed by atoms with Gasteiger partial charge in [-0.1, -0.05) is 30.3 Å². The van der Waals surface area contributed by atoms with Gasteiger partial charge in [-0.3, -0.25) is 9.69 Å². The molecule has 1 N–H and O–H groups in total. The third-order valence-corrected chi connectivity index (χ3v) is 6.65. The van der Waals surface area contributed by atoms with Gasteiger partial charge in [0.15, 0.2) is 0 Å². The third-order valence-electron chi connectivity index (χ3n) is 5.52. The van der Waals surface area contributed by atoms with E-state index in [1.807, 2.05) is 25.1 Å². The molecule has 172 valence electrons. The van der Waals surface area contributed by atoms with E-state index >= 15 is 0 Å². The van der Waals surface area contributed by atoms with Crippen LogP contribution in [0.3, 0.4) is 0 Å². The smallest absolute Gasteiger partial charge is 0.341 e. The van der Waals surface area contributed by atoms with Crippen LogP contribution in [0.25, 0.3) is 0 Å². The van der Waals surface area contributed by atoms with Crippen LogP contribution >= 0.6 is 11.3 Å². The summed E-state index contributed by atoms with van der Waals surface area (Å²) in [6, 6.07) is 17.3. The van der Waals surface area contributed by atoms with E-state index in [1.165, 1.54) is 16.9 Å². The Labute approximate surface area is 198 Å². The van der Waals surface area contributed by atoms with Gasteiger partial charge in [0, 0.05) is 30.1 Å². The molecule has 1 aliphatic rings. The number of thiophene rings is 1. The predicted octanol–water partition coefficient (Wildman–Crippen LogP) is 5.13. The fourth-order valence-electron chi connectivity index (χ4n) is 3.98. The molecule has 2 aromatic carbocycles. The van der Waals surface area contributed by atoms with E-state index in [4.69, 9.17) is 9.47 Å². The molecule has 1 aromatic heterocycles. The van der Waals surface area contributed by atoms with Crippen LogP contribution < -0.4 is 10.1 Å². The second kappa shape index (κ2) is 10.6. The van der Waals surface area contributed by atoms with E-state index in [2.05, 4.69) is 22.3 Å². The normalized spacial score (nSPS) is 13.3. The highest BCUT2D eigenvalue weighted by Crippen LogP contribution is 2.38. The lowest BCUT2D eigenvalue weighted by Crippen LogP contribution is -2.29. The van der Waals surface area contributed by atoms with Gasteiger partial charge in [-0.2, -0.15) is 0 Å². The van der Waals surface area contributed by atoms with Gasteiger partial charge in [-0.05, 0) is 55.7 Å². The zero-order valence-electron chi connectivity index (χ0n) is 18.9. The molecule has 0 bridgehead atoms. The highest BCUT2D eigenvalue weighted by Gasteiger charge is 2.29. The minimum Gasteiger partial charge on any atom is -0.494 e. The highest BCUT2D eigenvalue weighted by atomic mass is 32.1. The van der Waals surface area contributed by atoms with E-state index in [0.29, 0.717) is 28.5 Å². The Morgan fingerprint density at radius 3 is 2.48 bits per heavy atom. The van der Waals surface area contributed by atoms with Crippen LogP contribution in [0.1, 0.15) is 50.6 Å². The lowest BCUT2D eigenvalue weighted by molar-refractivity contribution is 0.0526. The molecule has 6 nitrogen and oxygen atoms in total. The van der Waals surface area contributed by atoms with Crippen molar-refractivity contribution in [2.45, 2.75) is 33.4 Å². The summed E-state index contributed by atoms with van der Waals surface area (Å²) in [4.78, 5) is 29.2. The van der Waals surface area contributed by atoms with E-state index in [1.54, 1.807) is 31.2 Å². The molecular weight excluding hydrogens is 436 g/mol. The summed E-state index contributed by atoms with van der Waals surface area (Å²) in [6.07, 6.45) is 0.742. The average Bonchev–Trinajstić information content (AvgIpc) is 3.17. The van der Waals surface area contributed by atoms with Crippen molar-refractivity contribution in [3.8, 4) is 5.75 Å². The first-order valence-electron chi connectivity index (χ1n) is 11.2. The summed E-state index contributed by atoms with van der Waals surface area (Å²) < 4.78 is 10.8. The molecule has 1 aliphatic heterocycles. The summed E-state index contributed by atoms with van der Waals surface area (Å²) in [6.45, 7) is 6.98. The van der Waals surface area contributed by atoms with E-state index < -0.39 is 0 Å². The number of nitrogens with one attached hydrogen (secondary N) is 1. The fourth-order valence-corrected chi connectivity index (χ4v) is 5.26. The number of nitrogens with zero attached hydrogens (tertiary/aromatic N) is 1. The molecule has 4 rings (SSSR count). The number of amides is 1. The Bertz CT molecular complexity index is 1110. The molecule has 2 heterocycles. The number of fused-ring (bicyclic) bond motifs is 1. The number of anilines is 1. The third kappa shape index (κ3) is 5.43. The molecule has 0 fully saturated rings. The van der Waals surface area contributed by atoms with Crippen LogP contribution in [0.2, 0.25) is 0 Å². The number of esters is 1. The van der Waals surface area contributed by atoms with Gasteiger partial charge in [-0.15, -0.1) is 11.3 Å². The number of rotatable bonds is 8. The molecule has 33 heavy (non-hydrogen) atoms. The molecule has 0 spiro atoms. The second-order valence-electron chi connectivity index (χ2n) is 7.79. The van der Waals surface area contributed by atoms with Crippen molar-refractivity contribution in [3.05, 3.63) is 81.7 Å². The second-order valence-corrected chi connectivity index (χ2v) is 8.89. The molecular formula is C26H28N2O4S. The van der Waals surface area contributed by atoms with Gasteiger partial charge in [0.05, 0.1) is 18.8 Å². The van der Waals surface area contributed by atoms with Crippen LogP contribution in [-0.4, -0.2) is 36.5 Å². The quantitative estimate of drug-likeness (QED) is 0.468. The number of carbonyl (C=O) groups is 2. The predicted molar refractivity (Wildman–Crippen MR) is 130 cm³/mol. The van der Waals surface area contributed by atoms with Gasteiger partial charge >= 0.3 is 5.97 Å². The van der Waals surface area contributed by atoms with Crippen molar-refractivity contribution < 1.29 is 19.1 Å². The lowest BCUT2D eigenvalue weighted by Gasteiger charge is -2.27. The zero-order valence-corrected chi connectivity index (χ0v) is 19.7. The maximum absolute atomic E-state index is 12.9. The zero-order chi connectivity index (χ0) is 23.2. The molecule has 0 atom stereocenters. The first-order chi connectivity index (χ1) is 16.1. The van der Waals surface area contributed by atoms with Gasteiger partial charge in [-0.25, -0.2) is 4.79 Å². The summed E-state index contributed by atoms with van der Waals surface area (Å²) in [5.74, 6) is 0.0724. The van der Waals surface area contributed by atoms with Gasteiger partial charge in [0.1, 0.15) is 10.8 Å². The molecule has 0 saturated carbocycles. The Kier molecular flexibility index (Phi) is 7.42. The molecule has 0 unspecified atom stereocenters. The van der Waals surface area contributed by atoms with Crippen molar-refractivity contribution >= 4 is 28.2 Å². The Balaban J connectivity index is 1.56. The SMILES string of the molecule is CCOC(=O)c1c(NC(=O)c2ccc(OCC)cc2)sc2c1CCN(Cc1ccccc1)C2. The maximum atomic E-state index is 12.9. The topological polar surface area (TPSA) is 67.9 Å². The minimum atomic E-state index is -0.381. The molecule has 1 amide bonds. The van der Waals surface area contributed by atoms with Gasteiger partial charge in [0.2, 0.25) is 0 Å². The van der Waals surface area contributed by atoms with Crippen LogP contribution in [0.4, 0.5) is 5.00 Å². The van der Waals surface area contributed by atoms with Crippen LogP contribution in [-0.2, 0) is 24.2 Å². The van der Waals surface area contributed by atoms with E-state index in [9.17, 15) is 9.59 Å². The molecule has 3 aromatic rings. The van der Waals surface area contributed by atoms with Crippen LogP contribution in [0, 0.1) is 0 Å². The molecule has 7 heteroatoms. The number of carbonyl (C=O) groups excluding carboxylic acids is 2. The summed E-state index contributed by atoms with van der Waals surface area (Å²) in [5, 5.41) is 3.51. The first kappa shape index (κ1) is 23.0. The van der Waals surface area contributed by atoms with Crippen molar-refractivity contribution in [1.29, 1.82) is 0 Å². The maximum Gasteiger partial charge on any atom is 0.341 e. The summed E-state index contributed by atoms with van der Waals surface area (Å²) in [5.41, 5.74) is 3.25. The van der Waals surface area contributed by atoms with Crippen molar-refractivity contribution in [3.63, 3.8) is 0 Å². The molecule has 0 aliphatic carbocycles. The summed E-state index contributed by atoms with van der Waals surface area (Å²) >= 11 is 1.47. The van der Waals surface area contributed by atoms with E-state index in [0.717, 1.165) is 36.5 Å². The number of hydrogen-bond donors (Lipinski definition) is 1. The van der Waals surface area contributed by atoms with Crippen molar-refractivity contribution in [2.75, 3.05) is 25.1 Å². The molecule has 0 saturated heterocycles. The monoisotopic (exact) mass is 464 g/mol. The number of ether oxygens (including phenoxy) is 2. The molecule has 0 radical (unpaired) electrons. The Morgan fingerprint density at radius 1 is 1.03 bits per heavy atom. The largest absolute Gasteiger partial charge is 0.494 e. The number of benzene rings is 2. The van der Waals surface area contributed by atoms with Crippen molar-refractivity contribution in [1.82, 2.24) is 4.90 Å². The Hall–Kier alpha value is -3.16.